The van der Waals surface area contributed by atoms with Gasteiger partial charge in [-0.2, -0.15) is 0 Å². The summed E-state index contributed by atoms with van der Waals surface area (Å²) in [6.07, 6.45) is 4.20. The Hall–Kier alpha value is -1.72. The van der Waals surface area contributed by atoms with Crippen molar-refractivity contribution in [1.29, 1.82) is 0 Å². The zero-order chi connectivity index (χ0) is 14.2. The monoisotopic (exact) mass is 298 g/mol. The highest BCUT2D eigenvalue weighted by atomic mass is 32.1. The van der Waals surface area contributed by atoms with Crippen LogP contribution in [0.25, 0.3) is 16.2 Å². The average molecular weight is 298 g/mol. The number of hydrogen-bond donors (Lipinski definition) is 0. The van der Waals surface area contributed by atoms with Crippen LogP contribution in [0.4, 0.5) is 0 Å². The molecule has 0 aromatic carbocycles. The van der Waals surface area contributed by atoms with Crippen molar-refractivity contribution < 1.29 is 0 Å². The minimum absolute atomic E-state index is 0.525. The van der Waals surface area contributed by atoms with Crippen LogP contribution in [0, 0.1) is 0 Å². The Morgan fingerprint density at radius 1 is 1.19 bits per heavy atom. The fraction of sp³-hybridized carbons (Fsp3) is 0.375. The molecule has 0 atom stereocenters. The van der Waals surface area contributed by atoms with Gasteiger partial charge >= 0.3 is 0 Å². The molecule has 1 aliphatic rings. The number of piperidine rings is 1. The van der Waals surface area contributed by atoms with Crippen LogP contribution in [0.1, 0.15) is 24.6 Å². The number of aromatic nitrogens is 3. The molecule has 3 aromatic heterocycles. The maximum atomic E-state index is 4.91. The number of rotatable bonds is 2. The summed E-state index contributed by atoms with van der Waals surface area (Å²) < 4.78 is 2.26. The first-order valence-corrected chi connectivity index (χ1v) is 8.26. The van der Waals surface area contributed by atoms with E-state index in [2.05, 4.69) is 45.1 Å². The van der Waals surface area contributed by atoms with E-state index < -0.39 is 0 Å². The van der Waals surface area contributed by atoms with Gasteiger partial charge in [-0.05, 0) is 62.6 Å². The number of hydrogen-bond acceptors (Lipinski definition) is 4. The molecule has 1 aliphatic heterocycles. The fourth-order valence-corrected chi connectivity index (χ4v) is 3.82. The number of nitrogens with zero attached hydrogens (tertiary/aromatic N) is 4. The van der Waals surface area contributed by atoms with E-state index in [1.807, 2.05) is 12.3 Å². The van der Waals surface area contributed by atoms with Gasteiger partial charge in [0.15, 0.2) is 5.65 Å². The highest BCUT2D eigenvalue weighted by molar-refractivity contribution is 7.12. The lowest BCUT2D eigenvalue weighted by Gasteiger charge is -2.28. The van der Waals surface area contributed by atoms with Crippen molar-refractivity contribution in [3.8, 4) is 5.00 Å². The quantitative estimate of drug-likeness (QED) is 0.728. The molecule has 0 N–H and O–H groups in total. The van der Waals surface area contributed by atoms with E-state index in [1.165, 1.54) is 23.7 Å². The molecular weight excluding hydrogens is 280 g/mol. The van der Waals surface area contributed by atoms with Gasteiger partial charge in [0.25, 0.3) is 0 Å². The number of likely N-dealkylation sites (tertiary alicyclic amines) is 1. The second-order valence-electron chi connectivity index (χ2n) is 5.68. The summed E-state index contributed by atoms with van der Waals surface area (Å²) >= 11 is 1.75. The van der Waals surface area contributed by atoms with Crippen LogP contribution in [0.3, 0.4) is 0 Å². The topological polar surface area (TPSA) is 34.0 Å². The fourth-order valence-electron chi connectivity index (χ4n) is 3.08. The molecule has 1 fully saturated rings. The maximum Gasteiger partial charge on any atom is 0.165 e. The van der Waals surface area contributed by atoms with E-state index in [9.17, 15) is 0 Å². The summed E-state index contributed by atoms with van der Waals surface area (Å²) in [4.78, 5) is 11.9. The zero-order valence-electron chi connectivity index (χ0n) is 12.1. The summed E-state index contributed by atoms with van der Waals surface area (Å²) in [5, 5.41) is 3.33. The van der Waals surface area contributed by atoms with Crippen LogP contribution in [0.2, 0.25) is 0 Å². The van der Waals surface area contributed by atoms with Gasteiger partial charge in [-0.3, -0.25) is 4.57 Å². The minimum Gasteiger partial charge on any atom is -0.306 e. The summed E-state index contributed by atoms with van der Waals surface area (Å²) in [5.41, 5.74) is 1.98. The van der Waals surface area contributed by atoms with Gasteiger partial charge in [0, 0.05) is 12.1 Å². The summed E-state index contributed by atoms with van der Waals surface area (Å²) in [5.74, 6) is 1.71. The summed E-state index contributed by atoms with van der Waals surface area (Å²) in [6.45, 7) is 2.29. The lowest BCUT2D eigenvalue weighted by Crippen LogP contribution is -2.30. The van der Waals surface area contributed by atoms with Crippen molar-refractivity contribution in [1.82, 2.24) is 19.4 Å². The SMILES string of the molecule is CN1CCC(c2nc3cccnc3n2-c2cccs2)CC1. The average Bonchev–Trinajstić information content (AvgIpc) is 3.14. The third-order valence-corrected chi connectivity index (χ3v) is 5.11. The maximum absolute atomic E-state index is 4.91. The van der Waals surface area contributed by atoms with E-state index in [0.29, 0.717) is 5.92 Å². The minimum atomic E-state index is 0.525. The molecule has 1 saturated heterocycles. The van der Waals surface area contributed by atoms with E-state index in [4.69, 9.17) is 4.98 Å². The predicted octanol–water partition coefficient (Wildman–Crippen LogP) is 3.29. The van der Waals surface area contributed by atoms with E-state index >= 15 is 0 Å². The van der Waals surface area contributed by atoms with Crippen molar-refractivity contribution >= 4 is 22.5 Å². The molecule has 108 valence electrons. The van der Waals surface area contributed by atoms with Crippen LogP contribution in [-0.4, -0.2) is 39.6 Å². The molecule has 0 spiro atoms. The first-order chi connectivity index (χ1) is 10.3. The van der Waals surface area contributed by atoms with Gasteiger partial charge in [-0.25, -0.2) is 9.97 Å². The Bertz CT molecular complexity index is 739. The third-order valence-electron chi connectivity index (χ3n) is 4.25. The predicted molar refractivity (Wildman–Crippen MR) is 86.2 cm³/mol. The molecule has 0 unspecified atom stereocenters. The molecule has 0 radical (unpaired) electrons. The van der Waals surface area contributed by atoms with E-state index in [0.717, 1.165) is 24.3 Å². The lowest BCUT2D eigenvalue weighted by molar-refractivity contribution is 0.250. The largest absolute Gasteiger partial charge is 0.306 e. The Kier molecular flexibility index (Phi) is 3.24. The van der Waals surface area contributed by atoms with Crippen molar-refractivity contribution in [2.24, 2.45) is 0 Å². The highest BCUT2D eigenvalue weighted by Gasteiger charge is 2.25. The highest BCUT2D eigenvalue weighted by Crippen LogP contribution is 2.32. The number of imidazole rings is 1. The van der Waals surface area contributed by atoms with Crippen LogP contribution < -0.4 is 0 Å². The Morgan fingerprint density at radius 3 is 2.81 bits per heavy atom. The molecule has 21 heavy (non-hydrogen) atoms. The van der Waals surface area contributed by atoms with Gasteiger partial charge in [-0.1, -0.05) is 0 Å². The second kappa shape index (κ2) is 5.24. The Labute approximate surface area is 128 Å². The Balaban J connectivity index is 1.86. The van der Waals surface area contributed by atoms with Gasteiger partial charge in [0.05, 0.1) is 0 Å². The van der Waals surface area contributed by atoms with E-state index in [1.54, 1.807) is 11.3 Å². The van der Waals surface area contributed by atoms with Crippen molar-refractivity contribution in [3.05, 3.63) is 41.7 Å². The molecule has 0 aliphatic carbocycles. The molecule has 0 bridgehead atoms. The molecule has 3 aromatic rings. The first-order valence-electron chi connectivity index (χ1n) is 7.39. The molecular formula is C16H18N4S. The third kappa shape index (κ3) is 2.26. The van der Waals surface area contributed by atoms with Crippen LogP contribution >= 0.6 is 11.3 Å². The van der Waals surface area contributed by atoms with Gasteiger partial charge in [-0.15, -0.1) is 11.3 Å². The van der Waals surface area contributed by atoms with Crippen LogP contribution in [0.5, 0.6) is 0 Å². The smallest absolute Gasteiger partial charge is 0.165 e. The molecule has 4 rings (SSSR count). The van der Waals surface area contributed by atoms with Crippen molar-refractivity contribution in [2.75, 3.05) is 20.1 Å². The van der Waals surface area contributed by atoms with Crippen LogP contribution in [-0.2, 0) is 0 Å². The standard InChI is InChI=1S/C16H18N4S/c1-19-9-6-12(7-10-19)15-18-13-4-2-8-17-16(13)20(15)14-5-3-11-21-14/h2-5,8,11-12H,6-7,9-10H2,1H3. The Morgan fingerprint density at radius 2 is 2.05 bits per heavy atom. The van der Waals surface area contributed by atoms with E-state index in [-0.39, 0.29) is 0 Å². The number of pyridine rings is 1. The zero-order valence-corrected chi connectivity index (χ0v) is 12.9. The second-order valence-corrected chi connectivity index (χ2v) is 6.61. The van der Waals surface area contributed by atoms with Crippen LogP contribution in [0.15, 0.2) is 35.8 Å². The lowest BCUT2D eigenvalue weighted by atomic mass is 9.96. The number of thiophene rings is 1. The summed E-state index contributed by atoms with van der Waals surface area (Å²) in [6, 6.07) is 8.27. The molecule has 5 heteroatoms. The summed E-state index contributed by atoms with van der Waals surface area (Å²) in [7, 11) is 2.19. The molecule has 4 heterocycles. The van der Waals surface area contributed by atoms with Gasteiger partial charge in [0.1, 0.15) is 16.3 Å². The first kappa shape index (κ1) is 13.0. The molecule has 0 saturated carbocycles. The molecule has 4 nitrogen and oxygen atoms in total. The van der Waals surface area contributed by atoms with Crippen molar-refractivity contribution in [3.63, 3.8) is 0 Å². The van der Waals surface area contributed by atoms with Gasteiger partial charge < -0.3 is 4.90 Å². The van der Waals surface area contributed by atoms with Gasteiger partial charge in [0.2, 0.25) is 0 Å². The number of fused-ring (bicyclic) bond motifs is 1. The normalized spacial score (nSPS) is 17.6. The molecule has 0 amide bonds. The van der Waals surface area contributed by atoms with Crippen molar-refractivity contribution in [2.45, 2.75) is 18.8 Å².